The average molecular weight is 251 g/mol. The Balaban J connectivity index is 2.21. The monoisotopic (exact) mass is 251 g/mol. The summed E-state index contributed by atoms with van der Waals surface area (Å²) in [5, 5.41) is 0. The first kappa shape index (κ1) is 12.5. The summed E-state index contributed by atoms with van der Waals surface area (Å²) in [6.07, 6.45) is 0. The van der Waals surface area contributed by atoms with Crippen molar-refractivity contribution >= 4 is 18.5 Å². The van der Waals surface area contributed by atoms with Crippen molar-refractivity contribution in [3.8, 4) is 0 Å². The molecule has 0 aromatic heterocycles. The molecule has 1 saturated heterocycles. The van der Waals surface area contributed by atoms with Crippen molar-refractivity contribution in [2.75, 3.05) is 19.8 Å². The zero-order valence-corrected chi connectivity index (χ0v) is 11.0. The number of ether oxygens (including phenoxy) is 1. The highest BCUT2D eigenvalue weighted by molar-refractivity contribution is 7.80. The molecule has 92 valence electrons. The summed E-state index contributed by atoms with van der Waals surface area (Å²) < 4.78 is 5.41. The van der Waals surface area contributed by atoms with Gasteiger partial charge in [-0.3, -0.25) is 4.79 Å². The van der Waals surface area contributed by atoms with Crippen molar-refractivity contribution in [1.29, 1.82) is 0 Å². The van der Waals surface area contributed by atoms with Gasteiger partial charge in [0, 0.05) is 17.0 Å². The second-order valence-electron chi connectivity index (χ2n) is 4.87. The molecule has 0 atom stereocenters. The van der Waals surface area contributed by atoms with Crippen LogP contribution in [0.15, 0.2) is 29.2 Å². The fourth-order valence-electron chi connectivity index (χ4n) is 1.99. The molecule has 1 aliphatic heterocycles. The third kappa shape index (κ3) is 2.64. The molecule has 17 heavy (non-hydrogen) atoms. The van der Waals surface area contributed by atoms with Gasteiger partial charge in [-0.15, -0.1) is 12.6 Å². The fraction of sp³-hybridized carbons (Fsp3) is 0.462. The zero-order valence-electron chi connectivity index (χ0n) is 10.1. The van der Waals surface area contributed by atoms with Gasteiger partial charge in [-0.2, -0.15) is 0 Å². The van der Waals surface area contributed by atoms with Crippen molar-refractivity contribution in [2.24, 2.45) is 0 Å². The average Bonchev–Trinajstić information content (AvgIpc) is 2.28. The highest BCUT2D eigenvalue weighted by Gasteiger charge is 2.34. The lowest BCUT2D eigenvalue weighted by atomic mass is 10.0. The van der Waals surface area contributed by atoms with Crippen LogP contribution in [0.1, 0.15) is 24.2 Å². The van der Waals surface area contributed by atoms with Gasteiger partial charge in [-0.25, -0.2) is 0 Å². The molecule has 1 aromatic carbocycles. The quantitative estimate of drug-likeness (QED) is 0.776. The lowest BCUT2D eigenvalue weighted by molar-refractivity contribution is -0.0370. The summed E-state index contributed by atoms with van der Waals surface area (Å²) in [5.41, 5.74) is 0.465. The number of morpholine rings is 1. The number of thiol groups is 1. The van der Waals surface area contributed by atoms with E-state index in [9.17, 15) is 4.79 Å². The van der Waals surface area contributed by atoms with Gasteiger partial charge in [-0.05, 0) is 38.1 Å². The van der Waals surface area contributed by atoms with E-state index in [1.165, 1.54) is 0 Å². The molecule has 1 heterocycles. The number of benzene rings is 1. The second kappa shape index (κ2) is 4.70. The highest BCUT2D eigenvalue weighted by atomic mass is 32.1. The molecule has 0 spiro atoms. The maximum absolute atomic E-state index is 12.4. The molecular formula is C13H17NO2S. The molecule has 0 N–H and O–H groups in total. The summed E-state index contributed by atoms with van der Waals surface area (Å²) in [6.45, 7) is 5.89. The van der Waals surface area contributed by atoms with E-state index < -0.39 is 0 Å². The molecule has 0 radical (unpaired) electrons. The van der Waals surface area contributed by atoms with E-state index in [0.29, 0.717) is 25.3 Å². The number of carbonyl (C=O) groups excluding carboxylic acids is 1. The number of carbonyl (C=O) groups is 1. The Morgan fingerprint density at radius 1 is 1.35 bits per heavy atom. The Morgan fingerprint density at radius 3 is 2.59 bits per heavy atom. The summed E-state index contributed by atoms with van der Waals surface area (Å²) in [7, 11) is 0. The number of hydrogen-bond acceptors (Lipinski definition) is 3. The first-order valence-corrected chi connectivity index (χ1v) is 6.14. The molecule has 0 bridgehead atoms. The Kier molecular flexibility index (Phi) is 3.45. The molecule has 0 saturated carbocycles. The van der Waals surface area contributed by atoms with Gasteiger partial charge in [0.25, 0.3) is 5.91 Å². The minimum Gasteiger partial charge on any atom is -0.377 e. The smallest absolute Gasteiger partial charge is 0.254 e. The van der Waals surface area contributed by atoms with Crippen LogP contribution in [0.25, 0.3) is 0 Å². The van der Waals surface area contributed by atoms with Gasteiger partial charge in [0.05, 0.1) is 18.8 Å². The number of hydrogen-bond donors (Lipinski definition) is 1. The van der Waals surface area contributed by atoms with Crippen molar-refractivity contribution in [3.05, 3.63) is 29.8 Å². The lowest BCUT2D eigenvalue weighted by Gasteiger charge is -2.42. The fourth-order valence-corrected chi connectivity index (χ4v) is 2.14. The minimum absolute atomic E-state index is 0.0617. The molecule has 2 rings (SSSR count). The Morgan fingerprint density at radius 2 is 2.00 bits per heavy atom. The first-order valence-electron chi connectivity index (χ1n) is 5.69. The molecule has 0 aliphatic carbocycles. The first-order chi connectivity index (χ1) is 8.00. The molecule has 1 amide bonds. The SMILES string of the molecule is CC1(C)COCCN1C(=O)c1ccc(S)cc1. The van der Waals surface area contributed by atoms with Crippen LogP contribution in [0.4, 0.5) is 0 Å². The van der Waals surface area contributed by atoms with Crippen molar-refractivity contribution in [2.45, 2.75) is 24.3 Å². The highest BCUT2D eigenvalue weighted by Crippen LogP contribution is 2.22. The van der Waals surface area contributed by atoms with Gasteiger partial charge in [0.15, 0.2) is 0 Å². The molecule has 0 unspecified atom stereocenters. The topological polar surface area (TPSA) is 29.5 Å². The van der Waals surface area contributed by atoms with E-state index >= 15 is 0 Å². The van der Waals surface area contributed by atoms with Crippen LogP contribution in [0, 0.1) is 0 Å². The van der Waals surface area contributed by atoms with Crippen LogP contribution in [0.5, 0.6) is 0 Å². The molecule has 3 nitrogen and oxygen atoms in total. The van der Waals surface area contributed by atoms with E-state index in [-0.39, 0.29) is 11.4 Å². The standard InChI is InChI=1S/C13H17NO2S/c1-13(2)9-16-8-7-14(13)12(15)10-3-5-11(17)6-4-10/h3-6,17H,7-9H2,1-2H3. The van der Waals surface area contributed by atoms with Gasteiger partial charge >= 0.3 is 0 Å². The maximum atomic E-state index is 12.4. The molecule has 1 aliphatic rings. The van der Waals surface area contributed by atoms with E-state index in [1.54, 1.807) is 0 Å². The van der Waals surface area contributed by atoms with Crippen LogP contribution in [-0.4, -0.2) is 36.1 Å². The molecular weight excluding hydrogens is 234 g/mol. The van der Waals surface area contributed by atoms with Crippen molar-refractivity contribution in [1.82, 2.24) is 4.90 Å². The normalized spacial score (nSPS) is 19.1. The summed E-state index contributed by atoms with van der Waals surface area (Å²) in [6, 6.07) is 7.31. The van der Waals surface area contributed by atoms with Crippen LogP contribution >= 0.6 is 12.6 Å². The largest absolute Gasteiger partial charge is 0.377 e. The van der Waals surface area contributed by atoms with Gasteiger partial charge < -0.3 is 9.64 Å². The predicted octanol–water partition coefficient (Wildman–Crippen LogP) is 2.23. The van der Waals surface area contributed by atoms with Crippen LogP contribution in [0.3, 0.4) is 0 Å². The minimum atomic E-state index is -0.241. The Bertz CT molecular complexity index is 414. The van der Waals surface area contributed by atoms with Gasteiger partial charge in [0.1, 0.15) is 0 Å². The number of amides is 1. The molecule has 1 aromatic rings. The molecule has 1 fully saturated rings. The van der Waals surface area contributed by atoms with Gasteiger partial charge in [-0.1, -0.05) is 0 Å². The second-order valence-corrected chi connectivity index (χ2v) is 5.39. The third-order valence-corrected chi connectivity index (χ3v) is 3.30. The third-order valence-electron chi connectivity index (χ3n) is 3.00. The predicted molar refractivity (Wildman–Crippen MR) is 69.6 cm³/mol. The summed E-state index contributed by atoms with van der Waals surface area (Å²) in [4.78, 5) is 15.1. The number of rotatable bonds is 1. The van der Waals surface area contributed by atoms with E-state index in [4.69, 9.17) is 4.74 Å². The van der Waals surface area contributed by atoms with Crippen LogP contribution in [0.2, 0.25) is 0 Å². The number of nitrogens with zero attached hydrogens (tertiary/aromatic N) is 1. The van der Waals surface area contributed by atoms with Crippen LogP contribution in [-0.2, 0) is 4.74 Å². The lowest BCUT2D eigenvalue weighted by Crippen LogP contribution is -2.55. The van der Waals surface area contributed by atoms with E-state index in [2.05, 4.69) is 12.6 Å². The van der Waals surface area contributed by atoms with E-state index in [0.717, 1.165) is 4.90 Å². The van der Waals surface area contributed by atoms with Crippen molar-refractivity contribution in [3.63, 3.8) is 0 Å². The maximum Gasteiger partial charge on any atom is 0.254 e. The van der Waals surface area contributed by atoms with Crippen LogP contribution < -0.4 is 0 Å². The summed E-state index contributed by atoms with van der Waals surface area (Å²) >= 11 is 4.22. The Labute approximate surface area is 107 Å². The van der Waals surface area contributed by atoms with Crippen molar-refractivity contribution < 1.29 is 9.53 Å². The zero-order chi connectivity index (χ0) is 12.5. The molecule has 4 heteroatoms. The van der Waals surface area contributed by atoms with E-state index in [1.807, 2.05) is 43.0 Å². The summed E-state index contributed by atoms with van der Waals surface area (Å²) in [5.74, 6) is 0.0617. The Hall–Kier alpha value is -1.00. The van der Waals surface area contributed by atoms with Gasteiger partial charge in [0.2, 0.25) is 0 Å².